The van der Waals surface area contributed by atoms with E-state index in [1.807, 2.05) is 32.0 Å². The van der Waals surface area contributed by atoms with Crippen LogP contribution in [0, 0.1) is 13.8 Å². The largest absolute Gasteiger partial charge is 0.462 e. The maximum absolute atomic E-state index is 13.4. The summed E-state index contributed by atoms with van der Waals surface area (Å²) < 4.78 is 13.5. The lowest BCUT2D eigenvalue weighted by Crippen LogP contribution is -2.33. The number of carbonyl (C=O) groups is 2. The molecule has 0 unspecified atom stereocenters. The number of rotatable bonds is 6. The van der Waals surface area contributed by atoms with Gasteiger partial charge in [-0.1, -0.05) is 23.8 Å². The van der Waals surface area contributed by atoms with E-state index in [9.17, 15) is 14.4 Å². The summed E-state index contributed by atoms with van der Waals surface area (Å²) in [7, 11) is 1.54. The highest BCUT2D eigenvalue weighted by atomic mass is 16.5. The lowest BCUT2D eigenvalue weighted by Gasteiger charge is -2.15. The molecule has 0 atom stereocenters. The molecule has 0 spiro atoms. The standard InChI is InChI=1S/C26H26N4O5/c1-5-35-26(33)20-15-19-22(27-21-17(3)7-6-12-30(21)25(19)32)29(13-14-34-4)23(20)28-24(31)18-10-8-16(2)9-11-18/h6-12,15H,5,13-14H2,1-4H3. The molecule has 3 heterocycles. The zero-order chi connectivity index (χ0) is 25.1. The molecule has 3 aromatic heterocycles. The smallest absolute Gasteiger partial charge is 0.341 e. The second-order valence-corrected chi connectivity index (χ2v) is 8.07. The van der Waals surface area contributed by atoms with Gasteiger partial charge in [-0.3, -0.25) is 14.0 Å². The van der Waals surface area contributed by atoms with Crippen molar-refractivity contribution in [2.75, 3.05) is 20.3 Å². The summed E-state index contributed by atoms with van der Waals surface area (Å²) in [5.41, 5.74) is 2.65. The van der Waals surface area contributed by atoms with Crippen molar-refractivity contribution in [2.24, 2.45) is 4.99 Å². The molecule has 4 rings (SSSR count). The number of benzene rings is 1. The first kappa shape index (κ1) is 24.0. The SMILES string of the molecule is CCOC(=O)c1cc2c(=O)n3cccc(C)c3nc2n(CCOC)c1=NC(=O)c1ccc(C)cc1. The van der Waals surface area contributed by atoms with E-state index in [1.165, 1.54) is 17.6 Å². The Labute approximate surface area is 201 Å². The quantitative estimate of drug-likeness (QED) is 0.314. The second-order valence-electron chi connectivity index (χ2n) is 8.07. The molecular weight excluding hydrogens is 448 g/mol. The van der Waals surface area contributed by atoms with Crippen LogP contribution >= 0.6 is 0 Å². The van der Waals surface area contributed by atoms with Gasteiger partial charge in [-0.05, 0) is 50.6 Å². The van der Waals surface area contributed by atoms with Crippen molar-refractivity contribution in [1.82, 2.24) is 14.0 Å². The molecule has 9 heteroatoms. The molecule has 0 saturated heterocycles. The molecule has 0 radical (unpaired) electrons. The highest BCUT2D eigenvalue weighted by molar-refractivity contribution is 5.97. The van der Waals surface area contributed by atoms with E-state index in [4.69, 9.17) is 14.5 Å². The number of fused-ring (bicyclic) bond motifs is 2. The van der Waals surface area contributed by atoms with Crippen LogP contribution in [-0.2, 0) is 16.0 Å². The average Bonchev–Trinajstić information content (AvgIpc) is 2.84. The minimum absolute atomic E-state index is 0.00224. The van der Waals surface area contributed by atoms with Crippen LogP contribution in [0.15, 0.2) is 58.4 Å². The molecule has 0 N–H and O–H groups in total. The molecule has 0 bridgehead atoms. The van der Waals surface area contributed by atoms with E-state index in [0.717, 1.165) is 11.1 Å². The van der Waals surface area contributed by atoms with E-state index >= 15 is 0 Å². The third-order valence-corrected chi connectivity index (χ3v) is 5.63. The normalized spacial score (nSPS) is 11.8. The van der Waals surface area contributed by atoms with Gasteiger partial charge in [-0.15, -0.1) is 0 Å². The molecule has 0 aliphatic rings. The summed E-state index contributed by atoms with van der Waals surface area (Å²) in [6.07, 6.45) is 1.62. The van der Waals surface area contributed by atoms with Crippen LogP contribution < -0.4 is 11.0 Å². The van der Waals surface area contributed by atoms with Gasteiger partial charge in [0, 0.05) is 25.4 Å². The van der Waals surface area contributed by atoms with Gasteiger partial charge in [0.15, 0.2) is 5.49 Å². The Morgan fingerprint density at radius 2 is 1.83 bits per heavy atom. The molecule has 35 heavy (non-hydrogen) atoms. The Hall–Kier alpha value is -4.11. The van der Waals surface area contributed by atoms with Crippen LogP contribution in [0.2, 0.25) is 0 Å². The summed E-state index contributed by atoms with van der Waals surface area (Å²) >= 11 is 0. The fourth-order valence-electron chi connectivity index (χ4n) is 3.82. The van der Waals surface area contributed by atoms with Crippen molar-refractivity contribution in [2.45, 2.75) is 27.3 Å². The number of methoxy groups -OCH3 is 1. The molecule has 180 valence electrons. The molecule has 1 aromatic carbocycles. The molecule has 0 fully saturated rings. The third kappa shape index (κ3) is 4.63. The summed E-state index contributed by atoms with van der Waals surface area (Å²) in [4.78, 5) is 48.5. The van der Waals surface area contributed by atoms with Crippen molar-refractivity contribution < 1.29 is 19.1 Å². The number of carbonyl (C=O) groups excluding carboxylic acids is 2. The summed E-state index contributed by atoms with van der Waals surface area (Å²) in [6.45, 7) is 6.01. The fourth-order valence-corrected chi connectivity index (χ4v) is 3.82. The number of hydrogen-bond acceptors (Lipinski definition) is 6. The van der Waals surface area contributed by atoms with Crippen molar-refractivity contribution in [1.29, 1.82) is 0 Å². The van der Waals surface area contributed by atoms with Crippen LogP contribution in [0.25, 0.3) is 16.7 Å². The maximum atomic E-state index is 13.4. The first-order valence-electron chi connectivity index (χ1n) is 11.2. The number of ether oxygens (including phenoxy) is 2. The Balaban J connectivity index is 2.13. The van der Waals surface area contributed by atoms with E-state index < -0.39 is 11.9 Å². The van der Waals surface area contributed by atoms with Gasteiger partial charge in [-0.2, -0.15) is 4.99 Å². The van der Waals surface area contributed by atoms with Crippen LogP contribution in [0.3, 0.4) is 0 Å². The molecule has 0 aliphatic heterocycles. The number of esters is 1. The Bertz CT molecular complexity index is 1570. The highest BCUT2D eigenvalue weighted by Gasteiger charge is 2.20. The Morgan fingerprint density at radius 3 is 2.51 bits per heavy atom. The van der Waals surface area contributed by atoms with Crippen LogP contribution in [-0.4, -0.2) is 46.2 Å². The summed E-state index contributed by atoms with van der Waals surface area (Å²) in [6, 6.07) is 12.0. The molecule has 1 amide bonds. The molecule has 0 aliphatic carbocycles. The molecule has 9 nitrogen and oxygen atoms in total. The zero-order valence-corrected chi connectivity index (χ0v) is 20.1. The van der Waals surface area contributed by atoms with Crippen LogP contribution in [0.5, 0.6) is 0 Å². The van der Waals surface area contributed by atoms with Crippen molar-refractivity contribution in [3.63, 3.8) is 0 Å². The van der Waals surface area contributed by atoms with Crippen LogP contribution in [0.4, 0.5) is 0 Å². The van der Waals surface area contributed by atoms with Gasteiger partial charge in [0.2, 0.25) is 0 Å². The predicted octanol–water partition coefficient (Wildman–Crippen LogP) is 2.83. The van der Waals surface area contributed by atoms with Crippen LogP contribution in [0.1, 0.15) is 38.8 Å². The zero-order valence-electron chi connectivity index (χ0n) is 20.1. The number of nitrogens with zero attached hydrogens (tertiary/aromatic N) is 4. The first-order chi connectivity index (χ1) is 16.8. The minimum atomic E-state index is -0.690. The summed E-state index contributed by atoms with van der Waals surface area (Å²) in [5, 5.41) is 0.203. The average molecular weight is 475 g/mol. The lowest BCUT2D eigenvalue weighted by atomic mass is 10.1. The lowest BCUT2D eigenvalue weighted by molar-refractivity contribution is 0.0523. The molecule has 4 aromatic rings. The van der Waals surface area contributed by atoms with Gasteiger partial charge in [0.1, 0.15) is 16.9 Å². The van der Waals surface area contributed by atoms with Gasteiger partial charge in [0.25, 0.3) is 11.5 Å². The van der Waals surface area contributed by atoms with Crippen molar-refractivity contribution >= 4 is 28.6 Å². The monoisotopic (exact) mass is 474 g/mol. The van der Waals surface area contributed by atoms with Gasteiger partial charge < -0.3 is 14.0 Å². The van der Waals surface area contributed by atoms with Gasteiger partial charge in [-0.25, -0.2) is 9.78 Å². The van der Waals surface area contributed by atoms with Gasteiger partial charge in [0.05, 0.1) is 18.6 Å². The Morgan fingerprint density at radius 1 is 1.09 bits per heavy atom. The fraction of sp³-hybridized carbons (Fsp3) is 0.269. The van der Waals surface area contributed by atoms with E-state index in [1.54, 1.807) is 35.9 Å². The Kier molecular flexibility index (Phi) is 6.88. The number of hydrogen-bond donors (Lipinski definition) is 0. The number of aryl methyl sites for hydroxylation is 2. The molecule has 0 saturated carbocycles. The number of pyridine rings is 2. The first-order valence-corrected chi connectivity index (χ1v) is 11.2. The van der Waals surface area contributed by atoms with E-state index in [-0.39, 0.29) is 41.8 Å². The predicted molar refractivity (Wildman–Crippen MR) is 131 cm³/mol. The number of amides is 1. The summed E-state index contributed by atoms with van der Waals surface area (Å²) in [5.74, 6) is -1.22. The van der Waals surface area contributed by atoms with Crippen molar-refractivity contribution in [3.05, 3.63) is 86.8 Å². The second kappa shape index (κ2) is 10.0. The minimum Gasteiger partial charge on any atom is -0.462 e. The highest BCUT2D eigenvalue weighted by Crippen LogP contribution is 2.14. The van der Waals surface area contributed by atoms with E-state index in [2.05, 4.69) is 4.99 Å². The van der Waals surface area contributed by atoms with E-state index in [0.29, 0.717) is 16.9 Å². The maximum Gasteiger partial charge on any atom is 0.341 e. The van der Waals surface area contributed by atoms with Crippen molar-refractivity contribution in [3.8, 4) is 0 Å². The van der Waals surface area contributed by atoms with Gasteiger partial charge >= 0.3 is 5.97 Å². The topological polar surface area (TPSA) is 104 Å². The third-order valence-electron chi connectivity index (χ3n) is 5.63. The number of aromatic nitrogens is 3. The molecular formula is C26H26N4O5.